The van der Waals surface area contributed by atoms with Gasteiger partial charge in [0, 0.05) is 30.8 Å². The van der Waals surface area contributed by atoms with Crippen LogP contribution in [0.25, 0.3) is 0 Å². The molecule has 0 amide bonds. The standard InChI is InChI=1S/C13H22F3N3/c1-3-7-17-12(5-6-13(14,15)16)11-9-18-19(10-11)8-4-2/h9-10,12,17H,3-8H2,1-2H3. The van der Waals surface area contributed by atoms with Crippen molar-refractivity contribution in [2.75, 3.05) is 6.54 Å². The van der Waals surface area contributed by atoms with Crippen LogP contribution in [0.2, 0.25) is 0 Å². The molecule has 6 heteroatoms. The average molecular weight is 277 g/mol. The van der Waals surface area contributed by atoms with Crippen LogP contribution >= 0.6 is 0 Å². The van der Waals surface area contributed by atoms with E-state index in [9.17, 15) is 13.2 Å². The highest BCUT2D eigenvalue weighted by molar-refractivity contribution is 5.10. The van der Waals surface area contributed by atoms with E-state index in [1.165, 1.54) is 0 Å². The van der Waals surface area contributed by atoms with Gasteiger partial charge < -0.3 is 5.32 Å². The average Bonchev–Trinajstić information content (AvgIpc) is 2.77. The largest absolute Gasteiger partial charge is 0.389 e. The van der Waals surface area contributed by atoms with Crippen molar-refractivity contribution < 1.29 is 13.2 Å². The Kier molecular flexibility index (Phi) is 6.34. The Morgan fingerprint density at radius 3 is 2.63 bits per heavy atom. The van der Waals surface area contributed by atoms with Crippen LogP contribution in [0.3, 0.4) is 0 Å². The van der Waals surface area contributed by atoms with Crippen LogP contribution in [0.15, 0.2) is 12.4 Å². The van der Waals surface area contributed by atoms with Crippen LogP contribution in [0.4, 0.5) is 13.2 Å². The van der Waals surface area contributed by atoms with Gasteiger partial charge in [0.15, 0.2) is 0 Å². The number of aryl methyl sites for hydroxylation is 1. The molecule has 0 radical (unpaired) electrons. The first-order valence-electron chi connectivity index (χ1n) is 6.78. The highest BCUT2D eigenvalue weighted by Crippen LogP contribution is 2.27. The van der Waals surface area contributed by atoms with E-state index >= 15 is 0 Å². The second-order valence-corrected chi connectivity index (χ2v) is 4.70. The molecule has 0 aliphatic rings. The van der Waals surface area contributed by atoms with Gasteiger partial charge >= 0.3 is 6.18 Å². The van der Waals surface area contributed by atoms with Crippen molar-refractivity contribution in [1.29, 1.82) is 0 Å². The molecule has 0 bridgehead atoms. The van der Waals surface area contributed by atoms with Gasteiger partial charge in [0.05, 0.1) is 6.20 Å². The lowest BCUT2D eigenvalue weighted by Gasteiger charge is -2.18. The molecule has 3 nitrogen and oxygen atoms in total. The van der Waals surface area contributed by atoms with Crippen molar-refractivity contribution in [1.82, 2.24) is 15.1 Å². The summed E-state index contributed by atoms with van der Waals surface area (Å²) in [6.07, 6.45) is 0.537. The quantitative estimate of drug-likeness (QED) is 0.785. The minimum atomic E-state index is -4.11. The predicted octanol–water partition coefficient (Wildman–Crippen LogP) is 3.68. The van der Waals surface area contributed by atoms with Crippen LogP contribution in [0.5, 0.6) is 0 Å². The van der Waals surface area contributed by atoms with E-state index in [-0.39, 0.29) is 12.5 Å². The number of alkyl halides is 3. The molecule has 0 aromatic carbocycles. The van der Waals surface area contributed by atoms with E-state index in [1.54, 1.807) is 10.9 Å². The third-order valence-electron chi connectivity index (χ3n) is 2.87. The maximum Gasteiger partial charge on any atom is 0.389 e. The van der Waals surface area contributed by atoms with Gasteiger partial charge in [-0.3, -0.25) is 4.68 Å². The molecule has 1 aromatic heterocycles. The van der Waals surface area contributed by atoms with Gasteiger partial charge in [-0.2, -0.15) is 18.3 Å². The Hall–Kier alpha value is -1.04. The summed E-state index contributed by atoms with van der Waals surface area (Å²) in [4.78, 5) is 0. The molecule has 19 heavy (non-hydrogen) atoms. The minimum Gasteiger partial charge on any atom is -0.310 e. The van der Waals surface area contributed by atoms with Gasteiger partial charge in [0.1, 0.15) is 0 Å². The molecule has 1 unspecified atom stereocenters. The van der Waals surface area contributed by atoms with Gasteiger partial charge in [0.25, 0.3) is 0 Å². The number of nitrogens with zero attached hydrogens (tertiary/aromatic N) is 2. The molecular formula is C13H22F3N3. The highest BCUT2D eigenvalue weighted by atomic mass is 19.4. The number of hydrogen-bond acceptors (Lipinski definition) is 2. The summed E-state index contributed by atoms with van der Waals surface area (Å²) < 4.78 is 38.8. The predicted molar refractivity (Wildman–Crippen MR) is 68.8 cm³/mol. The molecule has 0 aliphatic heterocycles. The molecule has 1 atom stereocenters. The van der Waals surface area contributed by atoms with Crippen molar-refractivity contribution in [2.24, 2.45) is 0 Å². The summed E-state index contributed by atoms with van der Waals surface area (Å²) in [5, 5.41) is 7.34. The first-order chi connectivity index (χ1) is 8.96. The Bertz CT molecular complexity index is 360. The van der Waals surface area contributed by atoms with Crippen molar-refractivity contribution in [3.05, 3.63) is 18.0 Å². The topological polar surface area (TPSA) is 29.9 Å². The zero-order chi connectivity index (χ0) is 14.3. The smallest absolute Gasteiger partial charge is 0.310 e. The van der Waals surface area contributed by atoms with Gasteiger partial charge in [-0.15, -0.1) is 0 Å². The Balaban J connectivity index is 2.65. The van der Waals surface area contributed by atoms with E-state index in [1.807, 2.05) is 20.0 Å². The van der Waals surface area contributed by atoms with Gasteiger partial charge in [-0.05, 0) is 25.8 Å². The number of rotatable bonds is 8. The molecule has 0 saturated carbocycles. The fourth-order valence-electron chi connectivity index (χ4n) is 1.92. The summed E-state index contributed by atoms with van der Waals surface area (Å²) in [6.45, 7) is 5.54. The fraction of sp³-hybridized carbons (Fsp3) is 0.769. The molecule has 0 fully saturated rings. The van der Waals surface area contributed by atoms with Crippen LogP contribution in [0.1, 0.15) is 51.1 Å². The van der Waals surface area contributed by atoms with E-state index in [4.69, 9.17) is 0 Å². The van der Waals surface area contributed by atoms with Gasteiger partial charge in [0.2, 0.25) is 0 Å². The number of nitrogens with one attached hydrogen (secondary N) is 1. The van der Waals surface area contributed by atoms with E-state index < -0.39 is 12.6 Å². The monoisotopic (exact) mass is 277 g/mol. The molecule has 1 rings (SSSR count). The molecule has 110 valence electrons. The second-order valence-electron chi connectivity index (χ2n) is 4.70. The molecule has 0 spiro atoms. The van der Waals surface area contributed by atoms with Gasteiger partial charge in [-0.25, -0.2) is 0 Å². The number of halogens is 3. The molecule has 1 aromatic rings. The zero-order valence-corrected chi connectivity index (χ0v) is 11.5. The maximum atomic E-state index is 12.3. The number of hydrogen-bond donors (Lipinski definition) is 1. The first kappa shape index (κ1) is 16.0. The minimum absolute atomic E-state index is 0.0569. The van der Waals surface area contributed by atoms with Crippen LogP contribution in [0, 0.1) is 0 Å². The molecular weight excluding hydrogens is 255 g/mol. The molecule has 1 heterocycles. The van der Waals surface area contributed by atoms with Crippen LogP contribution < -0.4 is 5.32 Å². The molecule has 0 saturated heterocycles. The second kappa shape index (κ2) is 7.53. The van der Waals surface area contributed by atoms with E-state index in [0.29, 0.717) is 6.54 Å². The third kappa shape index (κ3) is 6.09. The van der Waals surface area contributed by atoms with Crippen LogP contribution in [-0.4, -0.2) is 22.5 Å². The van der Waals surface area contributed by atoms with Crippen LogP contribution in [-0.2, 0) is 6.54 Å². The lowest BCUT2D eigenvalue weighted by atomic mass is 10.1. The fourth-order valence-corrected chi connectivity index (χ4v) is 1.92. The first-order valence-corrected chi connectivity index (χ1v) is 6.78. The van der Waals surface area contributed by atoms with Gasteiger partial charge in [-0.1, -0.05) is 13.8 Å². The van der Waals surface area contributed by atoms with E-state index in [0.717, 1.165) is 24.9 Å². The highest BCUT2D eigenvalue weighted by Gasteiger charge is 2.28. The number of aromatic nitrogens is 2. The molecule has 1 N–H and O–H groups in total. The van der Waals surface area contributed by atoms with Crippen molar-refractivity contribution >= 4 is 0 Å². The Morgan fingerprint density at radius 1 is 1.32 bits per heavy atom. The summed E-state index contributed by atoms with van der Waals surface area (Å²) in [5.41, 5.74) is 0.839. The summed E-state index contributed by atoms with van der Waals surface area (Å²) in [5.74, 6) is 0. The normalized spacial score (nSPS) is 13.7. The Labute approximate surface area is 112 Å². The molecule has 0 aliphatic carbocycles. The Morgan fingerprint density at radius 2 is 2.05 bits per heavy atom. The van der Waals surface area contributed by atoms with Crippen molar-refractivity contribution in [2.45, 2.75) is 58.3 Å². The lowest BCUT2D eigenvalue weighted by Crippen LogP contribution is -2.23. The van der Waals surface area contributed by atoms with Crippen molar-refractivity contribution in [3.63, 3.8) is 0 Å². The van der Waals surface area contributed by atoms with Crippen molar-refractivity contribution in [3.8, 4) is 0 Å². The summed E-state index contributed by atoms with van der Waals surface area (Å²) in [7, 11) is 0. The maximum absolute atomic E-state index is 12.3. The third-order valence-corrected chi connectivity index (χ3v) is 2.87. The van der Waals surface area contributed by atoms with E-state index in [2.05, 4.69) is 10.4 Å². The summed E-state index contributed by atoms with van der Waals surface area (Å²) in [6, 6.07) is -0.271. The summed E-state index contributed by atoms with van der Waals surface area (Å²) >= 11 is 0. The lowest BCUT2D eigenvalue weighted by molar-refractivity contribution is -0.136. The SMILES string of the molecule is CCCNC(CCC(F)(F)F)c1cnn(CCC)c1. The zero-order valence-electron chi connectivity index (χ0n) is 11.5.